The molecular weight excluding hydrogens is 370 g/mol. The summed E-state index contributed by atoms with van der Waals surface area (Å²) in [5, 5.41) is 0.228. The van der Waals surface area contributed by atoms with Crippen LogP contribution in [0.1, 0.15) is 12.5 Å². The van der Waals surface area contributed by atoms with E-state index in [1.807, 2.05) is 25.1 Å². The quantitative estimate of drug-likeness (QED) is 0.843. The van der Waals surface area contributed by atoms with Crippen molar-refractivity contribution in [2.24, 2.45) is 0 Å². The predicted molar refractivity (Wildman–Crippen MR) is 108 cm³/mol. The van der Waals surface area contributed by atoms with Crippen LogP contribution < -0.4 is 9.62 Å². The molecular formula is C19H24ClN3O2S. The Kier molecular flexibility index (Phi) is 5.75. The van der Waals surface area contributed by atoms with Crippen molar-refractivity contribution in [3.63, 3.8) is 0 Å². The summed E-state index contributed by atoms with van der Waals surface area (Å²) < 4.78 is 28.4. The van der Waals surface area contributed by atoms with Crippen molar-refractivity contribution in [1.82, 2.24) is 4.90 Å². The minimum atomic E-state index is -3.76. The average Bonchev–Trinajstić information content (AvgIpc) is 2.61. The van der Waals surface area contributed by atoms with E-state index < -0.39 is 10.0 Å². The van der Waals surface area contributed by atoms with Gasteiger partial charge < -0.3 is 9.80 Å². The van der Waals surface area contributed by atoms with Crippen LogP contribution >= 0.6 is 11.6 Å². The first-order valence-corrected chi connectivity index (χ1v) is 10.6. The van der Waals surface area contributed by atoms with E-state index in [2.05, 4.69) is 21.4 Å². The number of hydrogen-bond acceptors (Lipinski definition) is 4. The molecule has 140 valence electrons. The second kappa shape index (κ2) is 7.86. The van der Waals surface area contributed by atoms with Crippen molar-refractivity contribution < 1.29 is 8.42 Å². The van der Waals surface area contributed by atoms with Gasteiger partial charge in [0.05, 0.1) is 16.4 Å². The second-order valence-corrected chi connectivity index (χ2v) is 8.54. The van der Waals surface area contributed by atoms with Crippen LogP contribution in [0.25, 0.3) is 0 Å². The Labute approximate surface area is 160 Å². The number of aryl methyl sites for hydroxylation is 1. The van der Waals surface area contributed by atoms with Crippen molar-refractivity contribution >= 4 is 33.0 Å². The number of nitrogens with zero attached hydrogens (tertiary/aromatic N) is 2. The molecule has 0 amide bonds. The highest BCUT2D eigenvalue weighted by Gasteiger charge is 2.22. The summed E-state index contributed by atoms with van der Waals surface area (Å²) in [5.74, 6) is 0. The van der Waals surface area contributed by atoms with Crippen LogP contribution in [-0.2, 0) is 10.0 Å². The number of hydrogen-bond donors (Lipinski definition) is 1. The summed E-state index contributed by atoms with van der Waals surface area (Å²) in [4.78, 5) is 4.70. The van der Waals surface area contributed by atoms with E-state index >= 15 is 0 Å². The molecule has 0 radical (unpaired) electrons. The summed E-state index contributed by atoms with van der Waals surface area (Å²) in [7, 11) is -3.76. The number of likely N-dealkylation sites (N-methyl/N-ethyl adjacent to an activating group) is 1. The van der Waals surface area contributed by atoms with Gasteiger partial charge in [-0.15, -0.1) is 0 Å². The summed E-state index contributed by atoms with van der Waals surface area (Å²) in [6.07, 6.45) is 0. The van der Waals surface area contributed by atoms with Gasteiger partial charge in [0.2, 0.25) is 0 Å². The topological polar surface area (TPSA) is 52.6 Å². The molecule has 1 N–H and O–H groups in total. The molecule has 26 heavy (non-hydrogen) atoms. The van der Waals surface area contributed by atoms with Gasteiger partial charge in [-0.2, -0.15) is 0 Å². The highest BCUT2D eigenvalue weighted by molar-refractivity contribution is 7.92. The molecule has 1 aliphatic heterocycles. The summed E-state index contributed by atoms with van der Waals surface area (Å²) in [6.45, 7) is 8.76. The third-order valence-electron chi connectivity index (χ3n) is 4.69. The molecule has 1 aliphatic rings. The molecule has 7 heteroatoms. The van der Waals surface area contributed by atoms with E-state index in [1.54, 1.807) is 24.3 Å². The van der Waals surface area contributed by atoms with Crippen LogP contribution in [0, 0.1) is 6.92 Å². The number of para-hydroxylation sites is 2. The van der Waals surface area contributed by atoms with Crippen LogP contribution in [0.4, 0.5) is 11.4 Å². The lowest BCUT2D eigenvalue weighted by atomic mass is 10.2. The standard InChI is InChI=1S/C19H24ClN3O2S/c1-3-22-10-12-23(13-11-22)18-7-5-4-6-17(18)21-26(24,25)19-9-8-15(2)14-16(19)20/h4-9,14,21H,3,10-13H2,1-2H3. The zero-order valence-corrected chi connectivity index (χ0v) is 16.6. The first-order valence-electron chi connectivity index (χ1n) is 8.76. The fourth-order valence-corrected chi connectivity index (χ4v) is 4.84. The van der Waals surface area contributed by atoms with Crippen LogP contribution in [-0.4, -0.2) is 46.0 Å². The fourth-order valence-electron chi connectivity index (χ4n) is 3.16. The minimum absolute atomic E-state index is 0.0929. The highest BCUT2D eigenvalue weighted by atomic mass is 35.5. The van der Waals surface area contributed by atoms with E-state index in [9.17, 15) is 8.42 Å². The van der Waals surface area contributed by atoms with E-state index in [1.165, 1.54) is 0 Å². The van der Waals surface area contributed by atoms with Gasteiger partial charge in [-0.05, 0) is 43.3 Å². The lowest BCUT2D eigenvalue weighted by molar-refractivity contribution is 0.271. The van der Waals surface area contributed by atoms with Gasteiger partial charge in [0, 0.05) is 26.2 Å². The number of halogens is 1. The van der Waals surface area contributed by atoms with Crippen molar-refractivity contribution in [3.8, 4) is 0 Å². The number of piperazine rings is 1. The van der Waals surface area contributed by atoms with Crippen LogP contribution in [0.2, 0.25) is 5.02 Å². The van der Waals surface area contributed by atoms with Crippen LogP contribution in [0.15, 0.2) is 47.4 Å². The largest absolute Gasteiger partial charge is 0.367 e. The van der Waals surface area contributed by atoms with E-state index in [-0.39, 0.29) is 9.92 Å². The molecule has 1 heterocycles. The number of nitrogens with one attached hydrogen (secondary N) is 1. The van der Waals surface area contributed by atoms with Gasteiger partial charge in [-0.1, -0.05) is 36.7 Å². The van der Waals surface area contributed by atoms with E-state index in [0.29, 0.717) is 5.69 Å². The number of sulfonamides is 1. The van der Waals surface area contributed by atoms with E-state index in [0.717, 1.165) is 44.0 Å². The SMILES string of the molecule is CCN1CCN(c2ccccc2NS(=O)(=O)c2ccc(C)cc2Cl)CC1. The van der Waals surface area contributed by atoms with Gasteiger partial charge in [-0.3, -0.25) is 4.72 Å². The number of rotatable bonds is 5. The van der Waals surface area contributed by atoms with Gasteiger partial charge in [0.1, 0.15) is 4.90 Å². The molecule has 2 aromatic carbocycles. The molecule has 0 aromatic heterocycles. The zero-order valence-electron chi connectivity index (χ0n) is 15.1. The first-order chi connectivity index (χ1) is 12.4. The fraction of sp³-hybridized carbons (Fsp3) is 0.368. The third kappa shape index (κ3) is 4.14. The molecule has 0 saturated carbocycles. The maximum Gasteiger partial charge on any atom is 0.263 e. The van der Waals surface area contributed by atoms with Crippen LogP contribution in [0.3, 0.4) is 0 Å². The number of benzene rings is 2. The Morgan fingerprint density at radius 2 is 1.77 bits per heavy atom. The van der Waals surface area contributed by atoms with Crippen molar-refractivity contribution in [3.05, 3.63) is 53.1 Å². The Bertz CT molecular complexity index is 878. The van der Waals surface area contributed by atoms with Crippen molar-refractivity contribution in [1.29, 1.82) is 0 Å². The maximum absolute atomic E-state index is 12.8. The summed E-state index contributed by atoms with van der Waals surface area (Å²) in [6, 6.07) is 12.5. The third-order valence-corrected chi connectivity index (χ3v) is 6.53. The number of anilines is 2. The molecule has 0 aliphatic carbocycles. The second-order valence-electron chi connectivity index (χ2n) is 6.48. The monoisotopic (exact) mass is 393 g/mol. The zero-order chi connectivity index (χ0) is 18.7. The molecule has 2 aromatic rings. The Hall–Kier alpha value is -1.76. The predicted octanol–water partition coefficient (Wildman–Crippen LogP) is 3.59. The molecule has 1 saturated heterocycles. The Morgan fingerprint density at radius 3 is 2.42 bits per heavy atom. The van der Waals surface area contributed by atoms with Crippen molar-refractivity contribution in [2.45, 2.75) is 18.7 Å². The summed E-state index contributed by atoms with van der Waals surface area (Å²) >= 11 is 6.17. The Balaban J connectivity index is 1.86. The first kappa shape index (κ1) is 19.0. The Morgan fingerprint density at radius 1 is 1.08 bits per heavy atom. The smallest absolute Gasteiger partial charge is 0.263 e. The van der Waals surface area contributed by atoms with Gasteiger partial charge in [-0.25, -0.2) is 8.42 Å². The molecule has 0 bridgehead atoms. The summed E-state index contributed by atoms with van der Waals surface area (Å²) in [5.41, 5.74) is 2.40. The van der Waals surface area contributed by atoms with Gasteiger partial charge in [0.25, 0.3) is 10.0 Å². The lowest BCUT2D eigenvalue weighted by Gasteiger charge is -2.36. The molecule has 1 fully saturated rings. The van der Waals surface area contributed by atoms with Gasteiger partial charge in [0.15, 0.2) is 0 Å². The van der Waals surface area contributed by atoms with Gasteiger partial charge >= 0.3 is 0 Å². The molecule has 0 spiro atoms. The van der Waals surface area contributed by atoms with Crippen LogP contribution in [0.5, 0.6) is 0 Å². The normalized spacial score (nSPS) is 15.9. The highest BCUT2D eigenvalue weighted by Crippen LogP contribution is 2.30. The van der Waals surface area contributed by atoms with E-state index in [4.69, 9.17) is 11.6 Å². The van der Waals surface area contributed by atoms with Crippen molar-refractivity contribution in [2.75, 3.05) is 42.3 Å². The molecule has 3 rings (SSSR count). The average molecular weight is 394 g/mol. The minimum Gasteiger partial charge on any atom is -0.367 e. The lowest BCUT2D eigenvalue weighted by Crippen LogP contribution is -2.46. The molecule has 5 nitrogen and oxygen atoms in total. The maximum atomic E-state index is 12.8. The molecule has 0 atom stereocenters. The molecule has 0 unspecified atom stereocenters.